The zero-order valence-electron chi connectivity index (χ0n) is 21.2. The second-order valence-electron chi connectivity index (χ2n) is 10.6. The van der Waals surface area contributed by atoms with E-state index in [0.717, 1.165) is 63.5 Å². The van der Waals surface area contributed by atoms with Crippen LogP contribution in [0.1, 0.15) is 76.2 Å². The lowest BCUT2D eigenvalue weighted by Gasteiger charge is -2.46. The molecule has 3 saturated carbocycles. The fraction of sp³-hybridized carbons (Fsp3) is 0.731. The number of benzene rings is 1. The van der Waals surface area contributed by atoms with Gasteiger partial charge in [0.25, 0.3) is 10.1 Å². The molecule has 1 aromatic carbocycles. The Morgan fingerprint density at radius 1 is 1.06 bits per heavy atom. The van der Waals surface area contributed by atoms with E-state index in [1.54, 1.807) is 0 Å². The summed E-state index contributed by atoms with van der Waals surface area (Å²) in [6.45, 7) is 3.17. The molecule has 3 N–H and O–H groups in total. The van der Waals surface area contributed by atoms with E-state index in [0.29, 0.717) is 31.1 Å². The fourth-order valence-corrected chi connectivity index (χ4v) is 6.24. The molecular weight excluding hydrogens is 486 g/mol. The monoisotopic (exact) mass is 525 g/mol. The number of ketones is 1. The molecule has 10 heteroatoms. The van der Waals surface area contributed by atoms with E-state index in [2.05, 4.69) is 19.1 Å². The largest absolute Gasteiger partial charge is 0.492 e. The average Bonchev–Trinajstić information content (AvgIpc) is 3.20. The van der Waals surface area contributed by atoms with Crippen LogP contribution in [-0.4, -0.2) is 49.7 Å². The van der Waals surface area contributed by atoms with Gasteiger partial charge in [-0.15, -0.1) is 0 Å². The highest BCUT2D eigenvalue weighted by atomic mass is 32.2. The molecule has 1 aliphatic heterocycles. The number of carbonyl (C=O) groups is 1. The van der Waals surface area contributed by atoms with Gasteiger partial charge in [-0.2, -0.15) is 18.2 Å². The number of hydrogen-bond donors (Lipinski definition) is 2. The van der Waals surface area contributed by atoms with Gasteiger partial charge in [0.05, 0.1) is 6.26 Å². The highest BCUT2D eigenvalue weighted by molar-refractivity contribution is 7.85. The van der Waals surface area contributed by atoms with Crippen LogP contribution in [0.25, 0.3) is 0 Å². The SMILES string of the molecule is CCC1CC2CC(CCC23OOC2(CCC(c4ccc(OCCN)cc4)CC2)O3)C1=O.CS(=O)(=O)O. The molecule has 4 fully saturated rings. The van der Waals surface area contributed by atoms with Crippen molar-refractivity contribution in [3.63, 3.8) is 0 Å². The summed E-state index contributed by atoms with van der Waals surface area (Å²) >= 11 is 0. The van der Waals surface area contributed by atoms with Gasteiger partial charge in [0.2, 0.25) is 11.6 Å². The maximum absolute atomic E-state index is 12.6. The van der Waals surface area contributed by atoms with Gasteiger partial charge in [0.15, 0.2) is 0 Å². The lowest BCUT2D eigenvalue weighted by atomic mass is 9.64. The summed E-state index contributed by atoms with van der Waals surface area (Å²) in [5, 5.41) is 0. The third-order valence-corrected chi connectivity index (χ3v) is 8.08. The van der Waals surface area contributed by atoms with Gasteiger partial charge in [-0.3, -0.25) is 9.35 Å². The number of nitrogens with two attached hydrogens (primary N) is 1. The minimum Gasteiger partial charge on any atom is -0.492 e. The molecule has 4 atom stereocenters. The maximum atomic E-state index is 12.6. The van der Waals surface area contributed by atoms with Gasteiger partial charge >= 0.3 is 0 Å². The van der Waals surface area contributed by atoms with Crippen LogP contribution in [0.4, 0.5) is 0 Å². The third kappa shape index (κ3) is 6.28. The molecule has 1 saturated heterocycles. The van der Waals surface area contributed by atoms with Crippen molar-refractivity contribution in [3.05, 3.63) is 29.8 Å². The van der Waals surface area contributed by atoms with Crippen molar-refractivity contribution in [2.24, 2.45) is 23.5 Å². The Kier molecular flexibility index (Phi) is 8.43. The van der Waals surface area contributed by atoms with E-state index in [1.165, 1.54) is 5.56 Å². The van der Waals surface area contributed by atoms with Gasteiger partial charge in [-0.05, 0) is 62.1 Å². The quantitative estimate of drug-likeness (QED) is 0.432. The van der Waals surface area contributed by atoms with Crippen molar-refractivity contribution < 1.29 is 37.0 Å². The zero-order chi connectivity index (χ0) is 26.0. The molecule has 36 heavy (non-hydrogen) atoms. The summed E-state index contributed by atoms with van der Waals surface area (Å²) < 4.78 is 38.2. The molecule has 4 aliphatic rings. The number of Topliss-reactive ketones (excluding diaryl/α,β-unsaturated/α-hetero) is 1. The number of hydrogen-bond acceptors (Lipinski definition) is 8. The minimum absolute atomic E-state index is 0.150. The van der Waals surface area contributed by atoms with E-state index in [-0.39, 0.29) is 17.8 Å². The summed E-state index contributed by atoms with van der Waals surface area (Å²) in [7, 11) is -3.67. The van der Waals surface area contributed by atoms with Crippen LogP contribution in [0.2, 0.25) is 0 Å². The van der Waals surface area contributed by atoms with Crippen molar-refractivity contribution in [2.75, 3.05) is 19.4 Å². The summed E-state index contributed by atoms with van der Waals surface area (Å²) in [4.78, 5) is 24.6. The van der Waals surface area contributed by atoms with E-state index in [1.807, 2.05) is 12.1 Å². The van der Waals surface area contributed by atoms with Crippen molar-refractivity contribution in [3.8, 4) is 5.75 Å². The Balaban J connectivity index is 0.000000556. The first-order valence-electron chi connectivity index (χ1n) is 13.0. The third-order valence-electron chi connectivity index (χ3n) is 8.08. The zero-order valence-corrected chi connectivity index (χ0v) is 22.0. The number of fused-ring (bicyclic) bond motifs is 3. The normalized spacial score (nSPS) is 35.9. The molecule has 0 amide bonds. The molecule has 0 aromatic heterocycles. The second kappa shape index (κ2) is 11.0. The number of rotatable bonds is 5. The van der Waals surface area contributed by atoms with Crippen molar-refractivity contribution in [2.45, 2.75) is 82.2 Å². The van der Waals surface area contributed by atoms with Gasteiger partial charge in [0, 0.05) is 43.6 Å². The molecule has 202 valence electrons. The molecule has 4 unspecified atom stereocenters. The van der Waals surface area contributed by atoms with Crippen LogP contribution in [0.5, 0.6) is 5.75 Å². The highest BCUT2D eigenvalue weighted by Gasteiger charge is 2.61. The smallest absolute Gasteiger partial charge is 0.261 e. The average molecular weight is 526 g/mol. The molecule has 2 bridgehead atoms. The van der Waals surface area contributed by atoms with Crippen molar-refractivity contribution >= 4 is 15.9 Å². The van der Waals surface area contributed by atoms with E-state index < -0.39 is 21.7 Å². The van der Waals surface area contributed by atoms with E-state index in [4.69, 9.17) is 29.5 Å². The molecular formula is C26H39NO8S. The lowest BCUT2D eigenvalue weighted by molar-refractivity contribution is -0.369. The standard InChI is InChI=1S/C25H35NO5.CH4O3S/c1-2-17-15-21-16-20(23(17)27)9-12-25(21)29-24(30-31-25)10-7-19(8-11-24)18-3-5-22(6-4-18)28-14-13-26;1-5(2,3)4/h3-6,17,19-21H,2,7-16,26H2,1H3;1H3,(H,2,3,4). The van der Waals surface area contributed by atoms with Gasteiger partial charge in [-0.1, -0.05) is 19.1 Å². The Bertz CT molecular complexity index is 993. The van der Waals surface area contributed by atoms with Crippen molar-refractivity contribution in [1.29, 1.82) is 0 Å². The van der Waals surface area contributed by atoms with Crippen LogP contribution in [0.3, 0.4) is 0 Å². The van der Waals surface area contributed by atoms with Gasteiger partial charge < -0.3 is 15.2 Å². The Morgan fingerprint density at radius 2 is 1.69 bits per heavy atom. The number of carbonyl (C=O) groups excluding carboxylic acids is 1. The first-order valence-corrected chi connectivity index (χ1v) is 14.9. The van der Waals surface area contributed by atoms with Crippen LogP contribution in [0.15, 0.2) is 24.3 Å². The molecule has 1 aromatic rings. The number of ether oxygens (including phenoxy) is 2. The molecule has 1 heterocycles. The molecule has 9 nitrogen and oxygen atoms in total. The van der Waals surface area contributed by atoms with Gasteiger partial charge in [0.1, 0.15) is 18.1 Å². The first kappa shape index (κ1) is 27.5. The second-order valence-corrected chi connectivity index (χ2v) is 12.1. The fourth-order valence-electron chi connectivity index (χ4n) is 6.24. The molecule has 2 spiro atoms. The van der Waals surface area contributed by atoms with E-state index in [9.17, 15) is 13.2 Å². The predicted molar refractivity (Wildman–Crippen MR) is 133 cm³/mol. The topological polar surface area (TPSA) is 134 Å². The van der Waals surface area contributed by atoms with Crippen molar-refractivity contribution in [1.82, 2.24) is 0 Å². The summed E-state index contributed by atoms with van der Waals surface area (Å²) in [5.41, 5.74) is 6.84. The lowest BCUT2D eigenvalue weighted by Crippen LogP contribution is -2.52. The van der Waals surface area contributed by atoms with Crippen LogP contribution >= 0.6 is 0 Å². The van der Waals surface area contributed by atoms with E-state index >= 15 is 0 Å². The molecule has 5 rings (SSSR count). The predicted octanol–water partition coefficient (Wildman–Crippen LogP) is 3.97. The summed E-state index contributed by atoms with van der Waals surface area (Å²) in [6, 6.07) is 8.38. The molecule has 3 aliphatic carbocycles. The molecule has 0 radical (unpaired) electrons. The Morgan fingerprint density at radius 3 is 2.31 bits per heavy atom. The Labute approximate surface area is 213 Å². The summed E-state index contributed by atoms with van der Waals surface area (Å²) in [6.07, 6.45) is 8.67. The van der Waals surface area contributed by atoms with Gasteiger partial charge in [-0.25, -0.2) is 0 Å². The van der Waals surface area contributed by atoms with Crippen LogP contribution in [0, 0.1) is 17.8 Å². The summed E-state index contributed by atoms with van der Waals surface area (Å²) in [5.74, 6) is 1.13. The van der Waals surface area contributed by atoms with Crippen LogP contribution in [-0.2, 0) is 29.4 Å². The minimum atomic E-state index is -3.67. The van der Waals surface area contributed by atoms with Crippen LogP contribution < -0.4 is 10.5 Å². The Hall–Kier alpha value is -1.56. The maximum Gasteiger partial charge on any atom is 0.261 e. The first-order chi connectivity index (χ1) is 17.1. The highest BCUT2D eigenvalue weighted by Crippen LogP contribution is 2.56.